The molecular formula is C28H26N2O5S. The van der Waals surface area contributed by atoms with Crippen LogP contribution in [0.3, 0.4) is 0 Å². The smallest absolute Gasteiger partial charge is 0.270 e. The van der Waals surface area contributed by atoms with Gasteiger partial charge in [-0.3, -0.25) is 19.4 Å². The van der Waals surface area contributed by atoms with Gasteiger partial charge in [0.15, 0.2) is 16.6 Å². The number of anilines is 2. The number of hydrogen-bond acceptors (Lipinski definition) is 6. The zero-order valence-corrected chi connectivity index (χ0v) is 21.5. The average molecular weight is 503 g/mol. The first-order valence-corrected chi connectivity index (χ1v) is 11.6. The van der Waals surface area contributed by atoms with Gasteiger partial charge in [-0.2, -0.15) is 0 Å². The number of nitrogens with zero attached hydrogens (tertiary/aromatic N) is 2. The minimum atomic E-state index is -0.577. The van der Waals surface area contributed by atoms with E-state index in [1.54, 1.807) is 36.4 Å². The van der Waals surface area contributed by atoms with Crippen LogP contribution in [0.5, 0.6) is 17.2 Å². The van der Waals surface area contributed by atoms with E-state index in [9.17, 15) is 14.7 Å². The molecule has 1 aliphatic rings. The number of hydrogen-bond donors (Lipinski definition) is 1. The maximum atomic E-state index is 13.9. The summed E-state index contributed by atoms with van der Waals surface area (Å²) in [6, 6.07) is 15.5. The molecule has 184 valence electrons. The third-order valence-electron chi connectivity index (χ3n) is 5.93. The molecule has 1 N–H and O–H groups in total. The maximum Gasteiger partial charge on any atom is 0.270 e. The molecule has 0 unspecified atom stereocenters. The molecule has 0 atom stereocenters. The van der Waals surface area contributed by atoms with Crippen LogP contribution in [0.4, 0.5) is 11.4 Å². The molecule has 4 rings (SSSR count). The molecule has 3 aromatic rings. The highest BCUT2D eigenvalue weighted by atomic mass is 32.1. The molecule has 3 aromatic carbocycles. The Labute approximate surface area is 215 Å². The molecule has 0 saturated carbocycles. The van der Waals surface area contributed by atoms with Crippen LogP contribution >= 0.6 is 12.2 Å². The normalized spacial score (nSPS) is 15.0. The predicted molar refractivity (Wildman–Crippen MR) is 144 cm³/mol. The summed E-state index contributed by atoms with van der Waals surface area (Å²) in [5, 5.41) is 10.3. The van der Waals surface area contributed by atoms with Crippen molar-refractivity contribution < 1.29 is 24.2 Å². The van der Waals surface area contributed by atoms with Crippen molar-refractivity contribution in [2.24, 2.45) is 0 Å². The van der Waals surface area contributed by atoms with Gasteiger partial charge in [0, 0.05) is 6.07 Å². The number of aryl methyl sites for hydroxylation is 3. The summed E-state index contributed by atoms with van der Waals surface area (Å²) >= 11 is 5.76. The van der Waals surface area contributed by atoms with Gasteiger partial charge in [0.1, 0.15) is 11.3 Å². The number of rotatable bonds is 5. The number of aromatic hydroxyl groups is 1. The Balaban J connectivity index is 1.93. The number of methoxy groups -OCH3 is 2. The fourth-order valence-electron chi connectivity index (χ4n) is 4.39. The second kappa shape index (κ2) is 9.83. The molecule has 7 nitrogen and oxygen atoms in total. The quantitative estimate of drug-likeness (QED) is 0.298. The molecule has 0 bridgehead atoms. The molecule has 1 heterocycles. The Kier molecular flexibility index (Phi) is 6.81. The average Bonchev–Trinajstić information content (AvgIpc) is 2.83. The molecule has 0 spiro atoms. The van der Waals surface area contributed by atoms with Gasteiger partial charge in [0.05, 0.1) is 25.6 Å². The standard InChI is InChI=1S/C28H26N2O5S/c1-16-11-17(2)25(18(3)12-16)30-27(33)22(13-19-9-10-24(35-5)23(31)14-19)26(32)29(28(30)36)20-7-6-8-21(15-20)34-4/h6-15,31H,1-5H3/b22-13-. The lowest BCUT2D eigenvalue weighted by molar-refractivity contribution is -0.120. The van der Waals surface area contributed by atoms with Gasteiger partial charge in [0.25, 0.3) is 11.8 Å². The van der Waals surface area contributed by atoms with Crippen molar-refractivity contribution in [3.05, 3.63) is 82.4 Å². The molecule has 0 radical (unpaired) electrons. The van der Waals surface area contributed by atoms with E-state index in [2.05, 4.69) is 0 Å². The van der Waals surface area contributed by atoms with Crippen molar-refractivity contribution in [3.63, 3.8) is 0 Å². The molecule has 1 saturated heterocycles. The van der Waals surface area contributed by atoms with E-state index in [1.165, 1.54) is 36.2 Å². The van der Waals surface area contributed by atoms with Crippen LogP contribution in [-0.4, -0.2) is 36.3 Å². The summed E-state index contributed by atoms with van der Waals surface area (Å²) < 4.78 is 10.4. The number of phenolic OH excluding ortho intramolecular Hbond substituents is 1. The van der Waals surface area contributed by atoms with E-state index in [1.807, 2.05) is 32.9 Å². The SMILES string of the molecule is COc1cccc(N2C(=O)/C(=C/c3ccc(OC)c(O)c3)C(=O)N(c3c(C)cc(C)cc3C)C2=S)c1. The molecule has 36 heavy (non-hydrogen) atoms. The molecule has 2 amide bonds. The zero-order chi connectivity index (χ0) is 26.1. The van der Waals surface area contributed by atoms with Crippen molar-refractivity contribution in [1.82, 2.24) is 0 Å². The van der Waals surface area contributed by atoms with E-state index in [0.29, 0.717) is 22.7 Å². The number of thiocarbonyl (C=S) groups is 1. The van der Waals surface area contributed by atoms with Crippen LogP contribution in [0.25, 0.3) is 6.08 Å². The van der Waals surface area contributed by atoms with E-state index < -0.39 is 11.8 Å². The number of phenols is 1. The molecule has 0 aliphatic carbocycles. The Bertz CT molecular complexity index is 1410. The van der Waals surface area contributed by atoms with Crippen molar-refractivity contribution in [1.29, 1.82) is 0 Å². The Morgan fingerprint density at radius 1 is 0.861 bits per heavy atom. The molecule has 0 aromatic heterocycles. The number of carbonyl (C=O) groups excluding carboxylic acids is 2. The minimum absolute atomic E-state index is 0.0445. The predicted octanol–water partition coefficient (Wildman–Crippen LogP) is 5.08. The summed E-state index contributed by atoms with van der Waals surface area (Å²) in [6.45, 7) is 5.79. The third kappa shape index (κ3) is 4.43. The lowest BCUT2D eigenvalue weighted by Crippen LogP contribution is -2.57. The van der Waals surface area contributed by atoms with E-state index in [0.717, 1.165) is 16.7 Å². The van der Waals surface area contributed by atoms with Crippen molar-refractivity contribution in [2.75, 3.05) is 24.0 Å². The van der Waals surface area contributed by atoms with E-state index in [-0.39, 0.29) is 22.2 Å². The number of carbonyl (C=O) groups is 2. The molecular weight excluding hydrogens is 476 g/mol. The first kappa shape index (κ1) is 24.9. The molecule has 8 heteroatoms. The van der Waals surface area contributed by atoms with Crippen molar-refractivity contribution >= 4 is 46.6 Å². The van der Waals surface area contributed by atoms with Gasteiger partial charge in [-0.05, 0) is 80.0 Å². The minimum Gasteiger partial charge on any atom is -0.504 e. The third-order valence-corrected chi connectivity index (χ3v) is 6.30. The van der Waals surface area contributed by atoms with Gasteiger partial charge in [-0.15, -0.1) is 0 Å². The molecule has 1 aliphatic heterocycles. The van der Waals surface area contributed by atoms with E-state index in [4.69, 9.17) is 21.7 Å². The van der Waals surface area contributed by atoms with Crippen LogP contribution in [0.15, 0.2) is 60.2 Å². The van der Waals surface area contributed by atoms with Crippen LogP contribution < -0.4 is 19.3 Å². The fraction of sp³-hybridized carbons (Fsp3) is 0.179. The van der Waals surface area contributed by atoms with E-state index >= 15 is 0 Å². The summed E-state index contributed by atoms with van der Waals surface area (Å²) in [6.07, 6.45) is 1.45. The Morgan fingerprint density at radius 3 is 2.14 bits per heavy atom. The number of amides is 2. The van der Waals surface area contributed by atoms with Crippen LogP contribution in [-0.2, 0) is 9.59 Å². The lowest BCUT2D eigenvalue weighted by atomic mass is 10.0. The summed E-state index contributed by atoms with van der Waals surface area (Å²) in [4.78, 5) is 30.3. The van der Waals surface area contributed by atoms with Gasteiger partial charge in [-0.1, -0.05) is 29.8 Å². The number of ether oxygens (including phenoxy) is 2. The second-order valence-electron chi connectivity index (χ2n) is 8.50. The highest BCUT2D eigenvalue weighted by molar-refractivity contribution is 7.81. The Hall–Kier alpha value is -4.17. The van der Waals surface area contributed by atoms with Crippen LogP contribution in [0.2, 0.25) is 0 Å². The van der Waals surface area contributed by atoms with Crippen LogP contribution in [0.1, 0.15) is 22.3 Å². The first-order chi connectivity index (χ1) is 17.2. The fourth-order valence-corrected chi connectivity index (χ4v) is 4.76. The number of benzene rings is 3. The first-order valence-electron chi connectivity index (χ1n) is 11.2. The van der Waals surface area contributed by atoms with Crippen molar-refractivity contribution in [3.8, 4) is 17.2 Å². The monoisotopic (exact) mass is 502 g/mol. The lowest BCUT2D eigenvalue weighted by Gasteiger charge is -2.38. The Morgan fingerprint density at radius 2 is 1.53 bits per heavy atom. The van der Waals surface area contributed by atoms with Gasteiger partial charge in [-0.25, -0.2) is 0 Å². The highest BCUT2D eigenvalue weighted by Gasteiger charge is 2.42. The molecule has 1 fully saturated rings. The zero-order valence-electron chi connectivity index (χ0n) is 20.7. The van der Waals surface area contributed by atoms with Gasteiger partial charge in [0.2, 0.25) is 0 Å². The van der Waals surface area contributed by atoms with Crippen LogP contribution in [0, 0.1) is 20.8 Å². The highest BCUT2D eigenvalue weighted by Crippen LogP contribution is 2.35. The second-order valence-corrected chi connectivity index (χ2v) is 8.87. The van der Waals surface area contributed by atoms with Crippen molar-refractivity contribution in [2.45, 2.75) is 20.8 Å². The largest absolute Gasteiger partial charge is 0.504 e. The maximum absolute atomic E-state index is 13.9. The summed E-state index contributed by atoms with van der Waals surface area (Å²) in [5.74, 6) is -0.406. The van der Waals surface area contributed by atoms with Gasteiger partial charge >= 0.3 is 0 Å². The summed E-state index contributed by atoms with van der Waals surface area (Å²) in [7, 11) is 2.98. The van der Waals surface area contributed by atoms with Gasteiger partial charge < -0.3 is 14.6 Å². The summed E-state index contributed by atoms with van der Waals surface area (Å²) in [5.41, 5.74) is 4.20. The topological polar surface area (TPSA) is 79.3 Å².